The first-order chi connectivity index (χ1) is 13.7. The molecular weight excluding hydrogens is 356 g/mol. The summed E-state index contributed by atoms with van der Waals surface area (Å²) in [6, 6.07) is 7.41. The van der Waals surface area contributed by atoms with Gasteiger partial charge in [-0.15, -0.1) is 0 Å². The highest BCUT2D eigenvalue weighted by Crippen LogP contribution is 2.35. The zero-order valence-corrected chi connectivity index (χ0v) is 16.6. The highest BCUT2D eigenvalue weighted by atomic mass is 16.5. The summed E-state index contributed by atoms with van der Waals surface area (Å²) in [5.41, 5.74) is 4.17. The number of nitrogens with zero attached hydrogens (tertiary/aromatic N) is 3. The van der Waals surface area contributed by atoms with Gasteiger partial charge in [-0.25, -0.2) is 4.79 Å². The number of nitrogens with one attached hydrogen (secondary N) is 1. The zero-order chi connectivity index (χ0) is 19.5. The van der Waals surface area contributed by atoms with Crippen LogP contribution in [0.25, 0.3) is 0 Å². The molecule has 28 heavy (non-hydrogen) atoms. The number of anilines is 1. The molecule has 0 saturated carbocycles. The number of hydrogen-bond donors (Lipinski definition) is 1. The number of amides is 2. The third kappa shape index (κ3) is 3.71. The Bertz CT molecular complexity index is 831. The molecule has 7 heteroatoms. The Kier molecular flexibility index (Phi) is 5.52. The standard InChI is InChI=1S/C21H28N4O3/c1-3-28-16-9-7-15(8-10-16)22-21(26)25-12-5-4-6-19(25)20-17-14-27-13-11-18(17)24(2)23-20/h7-10,19H,3-6,11-14H2,1-2H3,(H,22,26). The van der Waals surface area contributed by atoms with Crippen molar-refractivity contribution in [3.8, 4) is 5.75 Å². The van der Waals surface area contributed by atoms with Crippen LogP contribution in [0.3, 0.4) is 0 Å². The highest BCUT2D eigenvalue weighted by molar-refractivity contribution is 5.89. The topological polar surface area (TPSA) is 68.6 Å². The molecule has 1 N–H and O–H groups in total. The van der Waals surface area contributed by atoms with Crippen LogP contribution in [0.1, 0.15) is 49.2 Å². The van der Waals surface area contributed by atoms with Crippen molar-refractivity contribution >= 4 is 11.7 Å². The first kappa shape index (κ1) is 18.8. The van der Waals surface area contributed by atoms with E-state index in [0.29, 0.717) is 13.2 Å². The van der Waals surface area contributed by atoms with Crippen molar-refractivity contribution < 1.29 is 14.3 Å². The van der Waals surface area contributed by atoms with Gasteiger partial charge < -0.3 is 19.7 Å². The quantitative estimate of drug-likeness (QED) is 0.874. The molecule has 2 aromatic rings. The smallest absolute Gasteiger partial charge is 0.322 e. The Morgan fingerprint density at radius 3 is 2.93 bits per heavy atom. The van der Waals surface area contributed by atoms with Gasteiger partial charge in [0.1, 0.15) is 5.75 Å². The van der Waals surface area contributed by atoms with E-state index in [2.05, 4.69) is 5.32 Å². The Labute approximate surface area is 165 Å². The van der Waals surface area contributed by atoms with E-state index in [0.717, 1.165) is 56.0 Å². The molecule has 7 nitrogen and oxygen atoms in total. The lowest BCUT2D eigenvalue weighted by Gasteiger charge is -2.35. The van der Waals surface area contributed by atoms with E-state index < -0.39 is 0 Å². The number of hydrogen-bond acceptors (Lipinski definition) is 4. The Morgan fingerprint density at radius 2 is 2.14 bits per heavy atom. The third-order valence-electron chi connectivity index (χ3n) is 5.53. The van der Waals surface area contributed by atoms with Crippen LogP contribution in [0.2, 0.25) is 0 Å². The fourth-order valence-electron chi connectivity index (χ4n) is 4.16. The molecule has 1 fully saturated rings. The summed E-state index contributed by atoms with van der Waals surface area (Å²) in [6.07, 6.45) is 3.92. The van der Waals surface area contributed by atoms with Crippen molar-refractivity contribution in [1.29, 1.82) is 0 Å². The van der Waals surface area contributed by atoms with Crippen molar-refractivity contribution in [2.45, 2.75) is 45.3 Å². The van der Waals surface area contributed by atoms with E-state index in [9.17, 15) is 4.79 Å². The number of rotatable bonds is 4. The van der Waals surface area contributed by atoms with Gasteiger partial charge in [-0.05, 0) is 50.5 Å². The minimum atomic E-state index is -0.0787. The molecule has 3 heterocycles. The number of likely N-dealkylation sites (tertiary alicyclic amines) is 1. The second-order valence-corrected chi connectivity index (χ2v) is 7.33. The molecule has 150 valence electrons. The van der Waals surface area contributed by atoms with E-state index >= 15 is 0 Å². The summed E-state index contributed by atoms with van der Waals surface area (Å²) in [5, 5.41) is 7.82. The average molecular weight is 384 g/mol. The molecule has 0 bridgehead atoms. The lowest BCUT2D eigenvalue weighted by atomic mass is 9.95. The van der Waals surface area contributed by atoms with Gasteiger partial charge in [-0.1, -0.05) is 0 Å². The monoisotopic (exact) mass is 384 g/mol. The first-order valence-corrected chi connectivity index (χ1v) is 10.1. The molecule has 4 rings (SSSR count). The Hall–Kier alpha value is -2.54. The SMILES string of the molecule is CCOc1ccc(NC(=O)N2CCCCC2c2nn(C)c3c2COCC3)cc1. The predicted octanol–water partition coefficient (Wildman–Crippen LogP) is 3.65. The van der Waals surface area contributed by atoms with Gasteiger partial charge in [0.25, 0.3) is 0 Å². The number of aryl methyl sites for hydroxylation is 1. The molecule has 1 saturated heterocycles. The van der Waals surface area contributed by atoms with Crippen LogP contribution in [0.4, 0.5) is 10.5 Å². The maximum atomic E-state index is 13.1. The number of piperidine rings is 1. The summed E-state index contributed by atoms with van der Waals surface area (Å²) < 4.78 is 13.1. The van der Waals surface area contributed by atoms with E-state index in [1.165, 1.54) is 11.3 Å². The van der Waals surface area contributed by atoms with Gasteiger partial charge in [0.15, 0.2) is 0 Å². The maximum Gasteiger partial charge on any atom is 0.322 e. The van der Waals surface area contributed by atoms with Gasteiger partial charge in [0.2, 0.25) is 0 Å². The van der Waals surface area contributed by atoms with Crippen LogP contribution < -0.4 is 10.1 Å². The average Bonchev–Trinajstić information content (AvgIpc) is 3.06. The van der Waals surface area contributed by atoms with E-state index in [4.69, 9.17) is 14.6 Å². The van der Waals surface area contributed by atoms with Gasteiger partial charge in [-0.3, -0.25) is 4.68 Å². The summed E-state index contributed by atoms with van der Waals surface area (Å²) in [7, 11) is 1.99. The predicted molar refractivity (Wildman–Crippen MR) is 106 cm³/mol. The van der Waals surface area contributed by atoms with Gasteiger partial charge in [0, 0.05) is 37.0 Å². The number of ether oxygens (including phenoxy) is 2. The van der Waals surface area contributed by atoms with Crippen molar-refractivity contribution in [3.05, 3.63) is 41.2 Å². The van der Waals surface area contributed by atoms with Crippen LogP contribution >= 0.6 is 0 Å². The minimum absolute atomic E-state index is 0.00639. The fourth-order valence-corrected chi connectivity index (χ4v) is 4.16. The maximum absolute atomic E-state index is 13.1. The van der Waals surface area contributed by atoms with Gasteiger partial charge >= 0.3 is 6.03 Å². The molecule has 2 aliphatic rings. The lowest BCUT2D eigenvalue weighted by molar-refractivity contribution is 0.106. The van der Waals surface area contributed by atoms with Crippen LogP contribution in [0.5, 0.6) is 5.75 Å². The zero-order valence-electron chi connectivity index (χ0n) is 16.6. The molecule has 1 atom stereocenters. The molecule has 2 amide bonds. The van der Waals surface area contributed by atoms with Crippen molar-refractivity contribution in [2.24, 2.45) is 7.05 Å². The first-order valence-electron chi connectivity index (χ1n) is 10.1. The summed E-state index contributed by atoms with van der Waals surface area (Å²) in [6.45, 7) is 4.63. The summed E-state index contributed by atoms with van der Waals surface area (Å²) in [4.78, 5) is 15.0. The lowest BCUT2D eigenvalue weighted by Crippen LogP contribution is -2.41. The van der Waals surface area contributed by atoms with E-state index in [-0.39, 0.29) is 12.1 Å². The van der Waals surface area contributed by atoms with E-state index in [1.54, 1.807) is 0 Å². The van der Waals surface area contributed by atoms with Crippen molar-refractivity contribution in [1.82, 2.24) is 14.7 Å². The molecule has 0 radical (unpaired) electrons. The van der Waals surface area contributed by atoms with Gasteiger partial charge in [-0.2, -0.15) is 5.10 Å². The molecule has 2 aliphatic heterocycles. The Balaban J connectivity index is 1.53. The Morgan fingerprint density at radius 1 is 1.32 bits per heavy atom. The third-order valence-corrected chi connectivity index (χ3v) is 5.53. The number of urea groups is 1. The number of fused-ring (bicyclic) bond motifs is 1. The number of carbonyl (C=O) groups is 1. The largest absolute Gasteiger partial charge is 0.494 e. The van der Waals surface area contributed by atoms with E-state index in [1.807, 2.05) is 47.8 Å². The number of carbonyl (C=O) groups excluding carboxylic acids is 1. The second kappa shape index (κ2) is 8.22. The van der Waals surface area contributed by atoms with Crippen LogP contribution in [0, 0.1) is 0 Å². The minimum Gasteiger partial charge on any atom is -0.494 e. The molecular formula is C21H28N4O3. The molecule has 0 aliphatic carbocycles. The van der Waals surface area contributed by atoms with Crippen molar-refractivity contribution in [3.63, 3.8) is 0 Å². The van der Waals surface area contributed by atoms with Crippen molar-refractivity contribution in [2.75, 3.05) is 25.1 Å². The molecule has 0 spiro atoms. The highest BCUT2D eigenvalue weighted by Gasteiger charge is 2.33. The fraction of sp³-hybridized carbons (Fsp3) is 0.524. The second-order valence-electron chi connectivity index (χ2n) is 7.33. The molecule has 1 aromatic carbocycles. The molecule has 1 unspecified atom stereocenters. The van der Waals surface area contributed by atoms with Gasteiger partial charge in [0.05, 0.1) is 31.6 Å². The van der Waals surface area contributed by atoms with Crippen LogP contribution in [-0.4, -0.2) is 40.5 Å². The number of benzene rings is 1. The number of aromatic nitrogens is 2. The van der Waals surface area contributed by atoms with Crippen LogP contribution in [-0.2, 0) is 24.8 Å². The summed E-state index contributed by atoms with van der Waals surface area (Å²) >= 11 is 0. The summed E-state index contributed by atoms with van der Waals surface area (Å²) in [5.74, 6) is 0.802. The molecule has 1 aromatic heterocycles. The normalized spacial score (nSPS) is 19.2. The van der Waals surface area contributed by atoms with Crippen LogP contribution in [0.15, 0.2) is 24.3 Å².